The number of aromatic nitrogens is 4. The number of nitrogens with zero attached hydrogens (tertiary/aromatic N) is 5. The number of pyridine rings is 1. The van der Waals surface area contributed by atoms with E-state index in [0.29, 0.717) is 26.1 Å². The van der Waals surface area contributed by atoms with E-state index in [9.17, 15) is 4.79 Å². The fraction of sp³-hybridized carbons (Fsp3) is 0.379. The van der Waals surface area contributed by atoms with Crippen molar-refractivity contribution < 1.29 is 18.8 Å². The van der Waals surface area contributed by atoms with Crippen LogP contribution in [0.5, 0.6) is 5.75 Å². The molecule has 0 fully saturated rings. The highest BCUT2D eigenvalue weighted by molar-refractivity contribution is 5.94. The number of hydrogen-bond donors (Lipinski definition) is 0. The highest BCUT2D eigenvalue weighted by atomic mass is 16.6. The van der Waals surface area contributed by atoms with Crippen molar-refractivity contribution in [2.75, 3.05) is 19.7 Å². The summed E-state index contributed by atoms with van der Waals surface area (Å²) in [6.07, 6.45) is 4.26. The SMILES string of the molecule is Cc1noc(C)c1-c1ccc2nc(C3=CCN(C(=O)OC(C)(C)C)CC3)n3c2c1OC[C@@H]3c1ccccn1. The highest BCUT2D eigenvalue weighted by Crippen LogP contribution is 2.45. The van der Waals surface area contributed by atoms with Gasteiger partial charge in [-0.3, -0.25) is 4.98 Å². The smallest absolute Gasteiger partial charge is 0.410 e. The Bertz CT molecular complexity index is 1540. The fourth-order valence-electron chi connectivity index (χ4n) is 5.29. The van der Waals surface area contributed by atoms with Crippen LogP contribution in [-0.4, -0.2) is 56.0 Å². The van der Waals surface area contributed by atoms with Gasteiger partial charge in [0, 0.05) is 24.8 Å². The van der Waals surface area contributed by atoms with Crippen molar-refractivity contribution in [3.63, 3.8) is 0 Å². The zero-order chi connectivity index (χ0) is 26.6. The van der Waals surface area contributed by atoms with Crippen LogP contribution in [0.25, 0.3) is 27.7 Å². The van der Waals surface area contributed by atoms with Gasteiger partial charge in [0.15, 0.2) is 5.75 Å². The van der Waals surface area contributed by atoms with Crippen LogP contribution in [0.1, 0.15) is 56.2 Å². The van der Waals surface area contributed by atoms with Crippen LogP contribution in [0.15, 0.2) is 47.1 Å². The lowest BCUT2D eigenvalue weighted by Crippen LogP contribution is -2.39. The Balaban J connectivity index is 1.47. The molecular formula is C29H31N5O4. The zero-order valence-electron chi connectivity index (χ0n) is 22.3. The number of carbonyl (C=O) groups excluding carboxylic acids is 1. The molecule has 6 rings (SSSR count). The third-order valence-electron chi connectivity index (χ3n) is 6.98. The van der Waals surface area contributed by atoms with E-state index in [2.05, 4.69) is 20.8 Å². The Labute approximate surface area is 221 Å². The summed E-state index contributed by atoms with van der Waals surface area (Å²) in [4.78, 5) is 24.1. The summed E-state index contributed by atoms with van der Waals surface area (Å²) in [7, 11) is 0. The van der Waals surface area contributed by atoms with E-state index in [1.807, 2.05) is 65.0 Å². The van der Waals surface area contributed by atoms with Gasteiger partial charge in [0.2, 0.25) is 0 Å². The molecule has 4 aromatic rings. The third kappa shape index (κ3) is 4.12. The number of imidazole rings is 1. The Hall–Kier alpha value is -4.14. The van der Waals surface area contributed by atoms with Gasteiger partial charge in [0.1, 0.15) is 35.4 Å². The van der Waals surface area contributed by atoms with Crippen molar-refractivity contribution in [3.05, 3.63) is 65.6 Å². The third-order valence-corrected chi connectivity index (χ3v) is 6.98. The summed E-state index contributed by atoms with van der Waals surface area (Å²) in [5.41, 5.74) is 5.94. The summed E-state index contributed by atoms with van der Waals surface area (Å²) in [6.45, 7) is 10.9. The molecule has 9 nitrogen and oxygen atoms in total. The maximum absolute atomic E-state index is 12.6. The molecule has 1 amide bonds. The average molecular weight is 514 g/mol. The zero-order valence-corrected chi connectivity index (χ0v) is 22.3. The van der Waals surface area contributed by atoms with Crippen LogP contribution >= 0.6 is 0 Å². The summed E-state index contributed by atoms with van der Waals surface area (Å²) in [5.74, 6) is 2.40. The molecule has 0 N–H and O–H groups in total. The van der Waals surface area contributed by atoms with E-state index >= 15 is 0 Å². The van der Waals surface area contributed by atoms with E-state index in [0.717, 1.165) is 56.5 Å². The van der Waals surface area contributed by atoms with E-state index in [1.54, 1.807) is 11.1 Å². The van der Waals surface area contributed by atoms with Gasteiger partial charge >= 0.3 is 6.09 Å². The Morgan fingerprint density at radius 2 is 2.00 bits per heavy atom. The number of aryl methyl sites for hydroxylation is 2. The minimum Gasteiger partial charge on any atom is -0.488 e. The molecule has 1 atom stereocenters. The number of benzene rings is 1. The number of rotatable bonds is 3. The van der Waals surface area contributed by atoms with Gasteiger partial charge in [-0.15, -0.1) is 0 Å². The molecule has 38 heavy (non-hydrogen) atoms. The molecule has 9 heteroatoms. The van der Waals surface area contributed by atoms with Crippen molar-refractivity contribution in [3.8, 4) is 16.9 Å². The van der Waals surface area contributed by atoms with Gasteiger partial charge in [0.05, 0.1) is 22.5 Å². The lowest BCUT2D eigenvalue weighted by molar-refractivity contribution is 0.0270. The van der Waals surface area contributed by atoms with Gasteiger partial charge in [-0.2, -0.15) is 0 Å². The summed E-state index contributed by atoms with van der Waals surface area (Å²) < 4.78 is 19.8. The normalized spacial score (nSPS) is 17.3. The molecule has 0 bridgehead atoms. The first-order chi connectivity index (χ1) is 18.2. The van der Waals surface area contributed by atoms with Gasteiger partial charge in [-0.1, -0.05) is 17.3 Å². The number of hydrogen-bond acceptors (Lipinski definition) is 7. The number of amides is 1. The van der Waals surface area contributed by atoms with Crippen LogP contribution in [0.4, 0.5) is 4.79 Å². The van der Waals surface area contributed by atoms with Crippen LogP contribution in [0, 0.1) is 13.8 Å². The van der Waals surface area contributed by atoms with Gasteiger partial charge in [0.25, 0.3) is 0 Å². The summed E-state index contributed by atoms with van der Waals surface area (Å²) in [5, 5.41) is 4.16. The Morgan fingerprint density at radius 3 is 2.66 bits per heavy atom. The molecule has 0 radical (unpaired) electrons. The first-order valence-corrected chi connectivity index (χ1v) is 12.9. The molecule has 0 spiro atoms. The van der Waals surface area contributed by atoms with Crippen LogP contribution in [-0.2, 0) is 4.74 Å². The molecule has 5 heterocycles. The second kappa shape index (κ2) is 9.01. The molecule has 196 valence electrons. The molecule has 0 saturated carbocycles. The van der Waals surface area contributed by atoms with Crippen LogP contribution in [0.3, 0.4) is 0 Å². The van der Waals surface area contributed by atoms with Crippen molar-refractivity contribution in [1.82, 2.24) is 24.6 Å². The maximum Gasteiger partial charge on any atom is 0.410 e. The van der Waals surface area contributed by atoms with Crippen molar-refractivity contribution in [1.29, 1.82) is 0 Å². The minimum atomic E-state index is -0.530. The van der Waals surface area contributed by atoms with Crippen LogP contribution < -0.4 is 4.74 Å². The van der Waals surface area contributed by atoms with E-state index < -0.39 is 5.60 Å². The summed E-state index contributed by atoms with van der Waals surface area (Å²) >= 11 is 0. The van der Waals surface area contributed by atoms with E-state index in [1.165, 1.54) is 0 Å². The first kappa shape index (κ1) is 24.2. The molecule has 0 saturated heterocycles. The average Bonchev–Trinajstić information content (AvgIpc) is 3.45. The quantitative estimate of drug-likeness (QED) is 0.346. The maximum atomic E-state index is 12.6. The monoisotopic (exact) mass is 513 g/mol. The lowest BCUT2D eigenvalue weighted by Gasteiger charge is -2.31. The standard InChI is InChI=1S/C29H31N5O4/c1-17-24(18(2)38-32-17)20-9-10-22-25-26(20)36-16-23(21-8-6-7-13-30-21)34(25)27(31-22)19-11-14-33(15-12-19)28(35)37-29(3,4)5/h6-11,13,23H,12,14-16H2,1-5H3/t23-/m1/s1. The van der Waals surface area contributed by atoms with Gasteiger partial charge in [-0.25, -0.2) is 9.78 Å². The van der Waals surface area contributed by atoms with E-state index in [4.69, 9.17) is 19.0 Å². The first-order valence-electron chi connectivity index (χ1n) is 12.9. The summed E-state index contributed by atoms with van der Waals surface area (Å²) in [6, 6.07) is 9.84. The topological polar surface area (TPSA) is 95.5 Å². The predicted octanol–water partition coefficient (Wildman–Crippen LogP) is 5.71. The highest BCUT2D eigenvalue weighted by Gasteiger charge is 2.34. The largest absolute Gasteiger partial charge is 0.488 e. The van der Waals surface area contributed by atoms with Crippen molar-refractivity contribution in [2.45, 2.75) is 52.7 Å². The predicted molar refractivity (Wildman–Crippen MR) is 143 cm³/mol. The van der Waals surface area contributed by atoms with Crippen LogP contribution in [0.2, 0.25) is 0 Å². The van der Waals surface area contributed by atoms with Crippen molar-refractivity contribution >= 4 is 22.7 Å². The molecule has 2 aliphatic heterocycles. The molecular weight excluding hydrogens is 482 g/mol. The second-order valence-electron chi connectivity index (χ2n) is 10.8. The molecule has 0 aliphatic carbocycles. The van der Waals surface area contributed by atoms with E-state index in [-0.39, 0.29) is 12.1 Å². The van der Waals surface area contributed by atoms with Gasteiger partial charge in [-0.05, 0) is 70.9 Å². The van der Waals surface area contributed by atoms with Crippen molar-refractivity contribution in [2.24, 2.45) is 0 Å². The molecule has 1 aromatic carbocycles. The lowest BCUT2D eigenvalue weighted by atomic mass is 10.0. The Morgan fingerprint density at radius 1 is 1.16 bits per heavy atom. The molecule has 0 unspecified atom stereocenters. The Kier molecular flexibility index (Phi) is 5.74. The number of carbonyl (C=O) groups is 1. The molecule has 2 aliphatic rings. The fourth-order valence-corrected chi connectivity index (χ4v) is 5.29. The van der Waals surface area contributed by atoms with Gasteiger partial charge < -0.3 is 23.5 Å². The molecule has 3 aromatic heterocycles. The second-order valence-corrected chi connectivity index (χ2v) is 10.8. The minimum absolute atomic E-state index is 0.145. The number of ether oxygens (including phenoxy) is 2.